The molecular formula is C16H19FN4O2. The van der Waals surface area contributed by atoms with Gasteiger partial charge in [0.1, 0.15) is 0 Å². The lowest BCUT2D eigenvalue weighted by Gasteiger charge is -2.16. The molecule has 7 heteroatoms. The van der Waals surface area contributed by atoms with Gasteiger partial charge in [-0.1, -0.05) is 6.07 Å². The standard InChI is InChI=1S/C16H19FN4O2/c1-9(10-3-4-14(23-2)12(17)7-10)19-16(22)15-11-8-18-6-5-13(11)20-21-15/h3-4,7,9,18H,5-6,8H2,1-2H3,(H,19,22)(H,20,21). The van der Waals surface area contributed by atoms with Crippen molar-refractivity contribution in [1.82, 2.24) is 20.8 Å². The fraction of sp³-hybridized carbons (Fsp3) is 0.375. The number of rotatable bonds is 4. The summed E-state index contributed by atoms with van der Waals surface area (Å²) in [6.07, 6.45) is 0.828. The topological polar surface area (TPSA) is 79.0 Å². The Balaban J connectivity index is 1.75. The molecule has 1 atom stereocenters. The maximum absolute atomic E-state index is 13.8. The normalized spacial score (nSPS) is 14.9. The molecule has 1 unspecified atom stereocenters. The highest BCUT2D eigenvalue weighted by molar-refractivity contribution is 5.94. The van der Waals surface area contributed by atoms with E-state index in [0.29, 0.717) is 17.8 Å². The summed E-state index contributed by atoms with van der Waals surface area (Å²) in [5, 5.41) is 13.1. The molecule has 0 aliphatic carbocycles. The van der Waals surface area contributed by atoms with E-state index in [9.17, 15) is 9.18 Å². The Labute approximate surface area is 133 Å². The van der Waals surface area contributed by atoms with Crippen molar-refractivity contribution >= 4 is 5.91 Å². The van der Waals surface area contributed by atoms with E-state index < -0.39 is 5.82 Å². The van der Waals surface area contributed by atoms with Gasteiger partial charge < -0.3 is 15.4 Å². The van der Waals surface area contributed by atoms with Gasteiger partial charge in [-0.25, -0.2) is 4.39 Å². The molecule has 1 aliphatic rings. The van der Waals surface area contributed by atoms with E-state index in [0.717, 1.165) is 24.2 Å². The number of hydrogen-bond acceptors (Lipinski definition) is 4. The average molecular weight is 318 g/mol. The van der Waals surface area contributed by atoms with E-state index in [1.807, 2.05) is 0 Å². The summed E-state index contributed by atoms with van der Waals surface area (Å²) in [5.41, 5.74) is 2.96. The van der Waals surface area contributed by atoms with Crippen molar-refractivity contribution in [2.45, 2.75) is 25.9 Å². The van der Waals surface area contributed by atoms with Crippen LogP contribution >= 0.6 is 0 Å². The molecule has 1 amide bonds. The first-order valence-corrected chi connectivity index (χ1v) is 7.51. The molecule has 0 saturated heterocycles. The summed E-state index contributed by atoms with van der Waals surface area (Å²) in [4.78, 5) is 12.4. The van der Waals surface area contributed by atoms with Crippen LogP contribution in [0, 0.1) is 5.82 Å². The molecule has 1 aromatic heterocycles. The van der Waals surface area contributed by atoms with Crippen molar-refractivity contribution in [2.24, 2.45) is 0 Å². The first-order chi connectivity index (χ1) is 11.1. The number of H-pyrrole nitrogens is 1. The second-order valence-electron chi connectivity index (χ2n) is 5.55. The van der Waals surface area contributed by atoms with E-state index in [4.69, 9.17) is 4.74 Å². The molecule has 0 saturated carbocycles. The fourth-order valence-corrected chi connectivity index (χ4v) is 2.71. The minimum Gasteiger partial charge on any atom is -0.494 e. The molecule has 0 spiro atoms. The quantitative estimate of drug-likeness (QED) is 0.801. The monoisotopic (exact) mass is 318 g/mol. The third-order valence-corrected chi connectivity index (χ3v) is 4.04. The molecular weight excluding hydrogens is 299 g/mol. The smallest absolute Gasteiger partial charge is 0.272 e. The number of fused-ring (bicyclic) bond motifs is 1. The number of halogens is 1. The zero-order chi connectivity index (χ0) is 16.4. The highest BCUT2D eigenvalue weighted by Gasteiger charge is 2.23. The summed E-state index contributed by atoms with van der Waals surface area (Å²) in [7, 11) is 1.41. The van der Waals surface area contributed by atoms with Crippen LogP contribution in [-0.4, -0.2) is 29.8 Å². The highest BCUT2D eigenvalue weighted by atomic mass is 19.1. The maximum atomic E-state index is 13.8. The van der Waals surface area contributed by atoms with Crippen LogP contribution in [0.2, 0.25) is 0 Å². The minimum absolute atomic E-state index is 0.180. The summed E-state index contributed by atoms with van der Waals surface area (Å²) < 4.78 is 18.7. The predicted octanol–water partition coefficient (Wildman–Crippen LogP) is 1.69. The molecule has 3 N–H and O–H groups in total. The minimum atomic E-state index is -0.451. The van der Waals surface area contributed by atoms with Gasteiger partial charge in [0.2, 0.25) is 0 Å². The Kier molecular flexibility index (Phi) is 4.29. The fourth-order valence-electron chi connectivity index (χ4n) is 2.71. The third kappa shape index (κ3) is 3.05. The molecule has 2 aromatic rings. The van der Waals surface area contributed by atoms with Gasteiger partial charge in [-0.05, 0) is 24.6 Å². The van der Waals surface area contributed by atoms with Gasteiger partial charge in [0.05, 0.1) is 13.2 Å². The number of aromatic amines is 1. The SMILES string of the molecule is COc1ccc(C(C)NC(=O)c2n[nH]c3c2CNCC3)cc1F. The highest BCUT2D eigenvalue weighted by Crippen LogP contribution is 2.22. The first-order valence-electron chi connectivity index (χ1n) is 7.51. The van der Waals surface area contributed by atoms with Crippen molar-refractivity contribution in [1.29, 1.82) is 0 Å². The number of carbonyl (C=O) groups is 1. The number of amides is 1. The Hall–Kier alpha value is -2.41. The molecule has 0 radical (unpaired) electrons. The number of ether oxygens (including phenoxy) is 1. The van der Waals surface area contributed by atoms with Gasteiger partial charge >= 0.3 is 0 Å². The van der Waals surface area contributed by atoms with Crippen LogP contribution < -0.4 is 15.4 Å². The summed E-state index contributed by atoms with van der Waals surface area (Å²) >= 11 is 0. The first kappa shape index (κ1) is 15.5. The zero-order valence-corrected chi connectivity index (χ0v) is 13.1. The van der Waals surface area contributed by atoms with Crippen LogP contribution in [-0.2, 0) is 13.0 Å². The van der Waals surface area contributed by atoms with Gasteiger partial charge in [-0.2, -0.15) is 5.10 Å². The molecule has 122 valence electrons. The molecule has 3 rings (SSSR count). The van der Waals surface area contributed by atoms with Gasteiger partial charge in [-0.3, -0.25) is 9.89 Å². The molecule has 2 heterocycles. The van der Waals surface area contributed by atoms with E-state index in [2.05, 4.69) is 20.8 Å². The Morgan fingerprint density at radius 2 is 2.30 bits per heavy atom. The lowest BCUT2D eigenvalue weighted by Crippen LogP contribution is -2.30. The van der Waals surface area contributed by atoms with Crippen molar-refractivity contribution in [3.63, 3.8) is 0 Å². The number of nitrogens with one attached hydrogen (secondary N) is 3. The zero-order valence-electron chi connectivity index (χ0n) is 13.1. The Morgan fingerprint density at radius 1 is 1.48 bits per heavy atom. The van der Waals surface area contributed by atoms with Crippen LogP contribution in [0.4, 0.5) is 4.39 Å². The van der Waals surface area contributed by atoms with Crippen molar-refractivity contribution in [2.75, 3.05) is 13.7 Å². The van der Waals surface area contributed by atoms with Crippen molar-refractivity contribution < 1.29 is 13.9 Å². The van der Waals surface area contributed by atoms with Gasteiger partial charge in [0, 0.05) is 30.8 Å². The average Bonchev–Trinajstić information content (AvgIpc) is 2.98. The largest absolute Gasteiger partial charge is 0.494 e. The van der Waals surface area contributed by atoms with Gasteiger partial charge in [0.15, 0.2) is 17.3 Å². The molecule has 0 bridgehead atoms. The van der Waals surface area contributed by atoms with E-state index in [1.54, 1.807) is 19.1 Å². The summed E-state index contributed by atoms with van der Waals surface area (Å²) in [6.45, 7) is 3.30. The second kappa shape index (κ2) is 6.37. The van der Waals surface area contributed by atoms with E-state index >= 15 is 0 Å². The van der Waals surface area contributed by atoms with Crippen LogP contribution in [0.15, 0.2) is 18.2 Å². The van der Waals surface area contributed by atoms with Crippen LogP contribution in [0.25, 0.3) is 0 Å². The van der Waals surface area contributed by atoms with Crippen molar-refractivity contribution in [3.05, 3.63) is 46.5 Å². The molecule has 0 fully saturated rings. The number of methoxy groups -OCH3 is 1. The summed E-state index contributed by atoms with van der Waals surface area (Å²) in [5.74, 6) is -0.540. The van der Waals surface area contributed by atoms with Gasteiger partial charge in [0.25, 0.3) is 5.91 Å². The van der Waals surface area contributed by atoms with Crippen LogP contribution in [0.1, 0.15) is 40.3 Å². The third-order valence-electron chi connectivity index (χ3n) is 4.04. The number of aromatic nitrogens is 2. The molecule has 1 aliphatic heterocycles. The molecule has 1 aromatic carbocycles. The van der Waals surface area contributed by atoms with E-state index in [-0.39, 0.29) is 17.7 Å². The Morgan fingerprint density at radius 3 is 3.04 bits per heavy atom. The summed E-state index contributed by atoms with van der Waals surface area (Å²) in [6, 6.07) is 4.31. The maximum Gasteiger partial charge on any atom is 0.272 e. The van der Waals surface area contributed by atoms with E-state index in [1.165, 1.54) is 13.2 Å². The number of nitrogens with zero attached hydrogens (tertiary/aromatic N) is 1. The van der Waals surface area contributed by atoms with Crippen LogP contribution in [0.3, 0.4) is 0 Å². The van der Waals surface area contributed by atoms with Crippen molar-refractivity contribution in [3.8, 4) is 5.75 Å². The lowest BCUT2D eigenvalue weighted by atomic mass is 10.1. The number of carbonyl (C=O) groups excluding carboxylic acids is 1. The second-order valence-corrected chi connectivity index (χ2v) is 5.55. The Bertz CT molecular complexity index is 729. The predicted molar refractivity (Wildman–Crippen MR) is 82.8 cm³/mol. The number of benzene rings is 1. The molecule has 6 nitrogen and oxygen atoms in total. The number of hydrogen-bond donors (Lipinski definition) is 3. The lowest BCUT2D eigenvalue weighted by molar-refractivity contribution is 0.0933. The van der Waals surface area contributed by atoms with Crippen LogP contribution in [0.5, 0.6) is 5.75 Å². The molecule has 23 heavy (non-hydrogen) atoms. The van der Waals surface area contributed by atoms with Gasteiger partial charge in [-0.15, -0.1) is 0 Å².